The zero-order valence-electron chi connectivity index (χ0n) is 5.33. The van der Waals surface area contributed by atoms with Gasteiger partial charge in [0.2, 0.25) is 0 Å². The second-order valence-electron chi connectivity index (χ2n) is 1.30. The second-order valence-corrected chi connectivity index (χ2v) is 1.30. The van der Waals surface area contributed by atoms with E-state index in [-0.39, 0.29) is 29.9 Å². The summed E-state index contributed by atoms with van der Waals surface area (Å²) in [5.74, 6) is 0.113. The summed E-state index contributed by atoms with van der Waals surface area (Å²) < 4.78 is 4.67. The summed E-state index contributed by atoms with van der Waals surface area (Å²) in [7, 11) is 1.60. The van der Waals surface area contributed by atoms with Crippen molar-refractivity contribution in [3.8, 4) is 0 Å². The highest BCUT2D eigenvalue weighted by molar-refractivity contribution is 14.0. The fourth-order valence-electron chi connectivity index (χ4n) is 0.266. The van der Waals surface area contributed by atoms with Gasteiger partial charge in [0.25, 0.3) is 0 Å². The highest BCUT2D eigenvalue weighted by Crippen LogP contribution is 1.68. The van der Waals surface area contributed by atoms with Gasteiger partial charge in [-0.2, -0.15) is 0 Å². The van der Waals surface area contributed by atoms with Crippen LogP contribution < -0.4 is 11.5 Å². The van der Waals surface area contributed by atoms with Gasteiger partial charge in [0.15, 0.2) is 5.96 Å². The molecule has 0 aromatic heterocycles. The Balaban J connectivity index is 0. The molecule has 0 aliphatic rings. The molecule has 0 bridgehead atoms. The van der Waals surface area contributed by atoms with Crippen LogP contribution in [0.25, 0.3) is 0 Å². The van der Waals surface area contributed by atoms with E-state index in [1.54, 1.807) is 7.11 Å². The third-order valence-electron chi connectivity index (χ3n) is 0.590. The Morgan fingerprint density at radius 1 is 1.56 bits per heavy atom. The van der Waals surface area contributed by atoms with Crippen molar-refractivity contribution in [1.29, 1.82) is 0 Å². The molecule has 0 saturated carbocycles. The SMILES string of the molecule is COCCN=C(N)N.I. The van der Waals surface area contributed by atoms with Crippen molar-refractivity contribution in [2.24, 2.45) is 16.5 Å². The maximum absolute atomic E-state index is 5.01. The van der Waals surface area contributed by atoms with Crippen LogP contribution in [0.5, 0.6) is 0 Å². The number of hydrogen-bond donors (Lipinski definition) is 2. The number of methoxy groups -OCH3 is 1. The Bertz CT molecular complexity index is 81.9. The number of ether oxygens (including phenoxy) is 1. The van der Waals surface area contributed by atoms with E-state index in [0.29, 0.717) is 13.2 Å². The molecule has 0 aliphatic heterocycles. The minimum absolute atomic E-state index is 0. The lowest BCUT2D eigenvalue weighted by atomic mass is 10.7. The van der Waals surface area contributed by atoms with Crippen LogP contribution in [0.3, 0.4) is 0 Å². The van der Waals surface area contributed by atoms with Crippen LogP contribution in [0.2, 0.25) is 0 Å². The van der Waals surface area contributed by atoms with Gasteiger partial charge in [-0.15, -0.1) is 24.0 Å². The zero-order valence-corrected chi connectivity index (χ0v) is 7.66. The molecular weight excluding hydrogens is 233 g/mol. The van der Waals surface area contributed by atoms with Gasteiger partial charge in [0.1, 0.15) is 0 Å². The molecule has 0 amide bonds. The first kappa shape index (κ1) is 11.7. The highest BCUT2D eigenvalue weighted by Gasteiger charge is 1.78. The molecule has 0 aromatic rings. The first-order valence-electron chi connectivity index (χ1n) is 2.31. The number of nitrogens with zero attached hydrogens (tertiary/aromatic N) is 1. The van der Waals surface area contributed by atoms with E-state index in [1.807, 2.05) is 0 Å². The fraction of sp³-hybridized carbons (Fsp3) is 0.750. The Hall–Kier alpha value is -0.0400. The molecule has 56 valence electrons. The van der Waals surface area contributed by atoms with E-state index in [1.165, 1.54) is 0 Å². The maximum Gasteiger partial charge on any atom is 0.185 e. The summed E-state index contributed by atoms with van der Waals surface area (Å²) in [6.45, 7) is 1.11. The third kappa shape index (κ3) is 11.5. The normalized spacial score (nSPS) is 7.67. The molecule has 0 rings (SSSR count). The molecule has 9 heavy (non-hydrogen) atoms. The van der Waals surface area contributed by atoms with Gasteiger partial charge in [-0.25, -0.2) is 0 Å². The van der Waals surface area contributed by atoms with Crippen molar-refractivity contribution in [2.75, 3.05) is 20.3 Å². The largest absolute Gasteiger partial charge is 0.383 e. The van der Waals surface area contributed by atoms with Gasteiger partial charge >= 0.3 is 0 Å². The fourth-order valence-corrected chi connectivity index (χ4v) is 0.266. The predicted octanol–water partition coefficient (Wildman–Crippen LogP) is -0.476. The van der Waals surface area contributed by atoms with Crippen LogP contribution in [-0.4, -0.2) is 26.2 Å². The molecule has 0 saturated heterocycles. The van der Waals surface area contributed by atoms with Gasteiger partial charge in [0, 0.05) is 7.11 Å². The molecule has 5 heteroatoms. The van der Waals surface area contributed by atoms with Crippen molar-refractivity contribution in [2.45, 2.75) is 0 Å². The summed E-state index contributed by atoms with van der Waals surface area (Å²) in [5, 5.41) is 0. The van der Waals surface area contributed by atoms with Gasteiger partial charge in [-0.3, -0.25) is 4.99 Å². The Morgan fingerprint density at radius 2 is 2.11 bits per heavy atom. The molecule has 0 atom stereocenters. The monoisotopic (exact) mass is 245 g/mol. The average Bonchev–Trinajstić information content (AvgIpc) is 1.66. The summed E-state index contributed by atoms with van der Waals surface area (Å²) >= 11 is 0. The first-order chi connectivity index (χ1) is 3.77. The van der Waals surface area contributed by atoms with Crippen LogP contribution in [-0.2, 0) is 4.74 Å². The quantitative estimate of drug-likeness (QED) is 0.305. The van der Waals surface area contributed by atoms with E-state index in [4.69, 9.17) is 11.5 Å². The standard InChI is InChI=1S/C4H11N3O.HI/c1-8-3-2-7-4(5)6;/h2-3H2,1H3,(H4,5,6,7);1H. The van der Waals surface area contributed by atoms with Crippen LogP contribution in [0.1, 0.15) is 0 Å². The smallest absolute Gasteiger partial charge is 0.185 e. The molecule has 0 heterocycles. The molecule has 0 unspecified atom stereocenters. The van der Waals surface area contributed by atoms with Crippen molar-refractivity contribution in [3.63, 3.8) is 0 Å². The second kappa shape index (κ2) is 7.96. The third-order valence-corrected chi connectivity index (χ3v) is 0.590. The van der Waals surface area contributed by atoms with Crippen molar-refractivity contribution < 1.29 is 4.74 Å². The van der Waals surface area contributed by atoms with E-state index in [9.17, 15) is 0 Å². The maximum atomic E-state index is 5.01. The van der Waals surface area contributed by atoms with Gasteiger partial charge in [-0.1, -0.05) is 0 Å². The summed E-state index contributed by atoms with van der Waals surface area (Å²) in [6.07, 6.45) is 0. The summed E-state index contributed by atoms with van der Waals surface area (Å²) in [4.78, 5) is 3.66. The van der Waals surface area contributed by atoms with Gasteiger partial charge in [0.05, 0.1) is 13.2 Å². The van der Waals surface area contributed by atoms with Crippen LogP contribution in [0.4, 0.5) is 0 Å². The Kier molecular flexibility index (Phi) is 10.4. The number of aliphatic imine (C=N–C) groups is 1. The molecule has 4 nitrogen and oxygen atoms in total. The predicted molar refractivity (Wildman–Crippen MR) is 48.0 cm³/mol. The number of halogens is 1. The van der Waals surface area contributed by atoms with Crippen molar-refractivity contribution >= 4 is 29.9 Å². The minimum atomic E-state index is 0. The van der Waals surface area contributed by atoms with Crippen molar-refractivity contribution in [3.05, 3.63) is 0 Å². The molecule has 0 spiro atoms. The average molecular weight is 245 g/mol. The van der Waals surface area contributed by atoms with E-state index >= 15 is 0 Å². The molecule has 0 aromatic carbocycles. The topological polar surface area (TPSA) is 73.6 Å². The highest BCUT2D eigenvalue weighted by atomic mass is 127. The molecule has 0 aliphatic carbocycles. The summed E-state index contributed by atoms with van der Waals surface area (Å²) in [6, 6.07) is 0. The lowest BCUT2D eigenvalue weighted by molar-refractivity contribution is 0.208. The van der Waals surface area contributed by atoms with E-state index < -0.39 is 0 Å². The number of hydrogen-bond acceptors (Lipinski definition) is 2. The minimum Gasteiger partial charge on any atom is -0.383 e. The number of guanidine groups is 1. The first-order valence-corrected chi connectivity index (χ1v) is 2.31. The number of rotatable bonds is 3. The number of nitrogens with two attached hydrogens (primary N) is 2. The van der Waals surface area contributed by atoms with E-state index in [2.05, 4.69) is 9.73 Å². The van der Waals surface area contributed by atoms with Gasteiger partial charge in [-0.05, 0) is 0 Å². The lowest BCUT2D eigenvalue weighted by Gasteiger charge is -1.91. The molecule has 0 radical (unpaired) electrons. The molecule has 0 fully saturated rings. The lowest BCUT2D eigenvalue weighted by Crippen LogP contribution is -2.23. The Labute approximate surface area is 71.7 Å². The van der Waals surface area contributed by atoms with Crippen molar-refractivity contribution in [1.82, 2.24) is 0 Å². The van der Waals surface area contributed by atoms with Crippen LogP contribution >= 0.6 is 24.0 Å². The van der Waals surface area contributed by atoms with Crippen LogP contribution in [0.15, 0.2) is 4.99 Å². The van der Waals surface area contributed by atoms with Crippen LogP contribution in [0, 0.1) is 0 Å². The summed E-state index contributed by atoms with van der Waals surface area (Å²) in [5.41, 5.74) is 10.0. The van der Waals surface area contributed by atoms with Gasteiger partial charge < -0.3 is 16.2 Å². The molecule has 4 N–H and O–H groups in total. The zero-order chi connectivity index (χ0) is 6.41. The Morgan fingerprint density at radius 3 is 2.44 bits per heavy atom. The molecular formula is C4H12IN3O. The van der Waals surface area contributed by atoms with E-state index in [0.717, 1.165) is 0 Å².